The van der Waals surface area contributed by atoms with Gasteiger partial charge in [0.1, 0.15) is 5.25 Å². The summed E-state index contributed by atoms with van der Waals surface area (Å²) < 4.78 is 24.0. The zero-order valence-corrected chi connectivity index (χ0v) is 13.2. The van der Waals surface area contributed by atoms with Crippen LogP contribution < -0.4 is 5.73 Å². The summed E-state index contributed by atoms with van der Waals surface area (Å²) in [4.78, 5) is 15.5. The molecule has 1 aromatic rings. The quantitative estimate of drug-likeness (QED) is 0.899. The zero-order valence-electron chi connectivity index (χ0n) is 11.5. The number of carbonyl (C=O) groups excluding carboxylic acids is 1. The molecule has 112 valence electrons. The van der Waals surface area contributed by atoms with Gasteiger partial charge in [0, 0.05) is 11.3 Å². The molecule has 0 spiro atoms. The van der Waals surface area contributed by atoms with Crippen molar-refractivity contribution in [1.82, 2.24) is 4.98 Å². The van der Waals surface area contributed by atoms with Crippen LogP contribution in [-0.2, 0) is 20.4 Å². The van der Waals surface area contributed by atoms with Gasteiger partial charge in [-0.3, -0.25) is 4.79 Å². The maximum atomic E-state index is 12.0. The number of nitrogens with two attached hydrogens (primary N) is 1. The Bertz CT molecular complexity index is 574. The zero-order chi connectivity index (χ0) is 14.8. The first-order chi connectivity index (χ1) is 9.40. The molecule has 1 unspecified atom stereocenters. The molecule has 1 saturated carbocycles. The van der Waals surface area contributed by atoms with Crippen molar-refractivity contribution in [2.75, 3.05) is 0 Å². The lowest BCUT2D eigenvalue weighted by molar-refractivity contribution is -0.117. The molecule has 0 aliphatic heterocycles. The molecule has 7 heteroatoms. The molecule has 1 amide bonds. The van der Waals surface area contributed by atoms with Crippen LogP contribution >= 0.6 is 11.3 Å². The smallest absolute Gasteiger partial charge is 0.235 e. The first-order valence-corrected chi connectivity index (χ1v) is 9.45. The number of primary amides is 1. The lowest BCUT2D eigenvalue weighted by Gasteiger charge is -2.18. The highest BCUT2D eigenvalue weighted by Gasteiger charge is 2.27. The van der Waals surface area contributed by atoms with Gasteiger partial charge in [0.15, 0.2) is 9.84 Å². The van der Waals surface area contributed by atoms with E-state index in [1.54, 1.807) is 5.38 Å². The van der Waals surface area contributed by atoms with Gasteiger partial charge in [0.25, 0.3) is 0 Å². The minimum absolute atomic E-state index is 0.208. The van der Waals surface area contributed by atoms with Crippen molar-refractivity contribution in [3.05, 3.63) is 16.1 Å². The van der Waals surface area contributed by atoms with Gasteiger partial charge in [0.2, 0.25) is 5.91 Å². The summed E-state index contributed by atoms with van der Waals surface area (Å²) in [7, 11) is -3.56. The molecule has 0 saturated heterocycles. The fourth-order valence-electron chi connectivity index (χ4n) is 2.43. The molecule has 1 fully saturated rings. The average Bonchev–Trinajstić information content (AvgIpc) is 2.86. The summed E-state index contributed by atoms with van der Waals surface area (Å²) in [5.41, 5.74) is 5.59. The van der Waals surface area contributed by atoms with Crippen molar-refractivity contribution in [2.24, 2.45) is 5.73 Å². The summed E-state index contributed by atoms with van der Waals surface area (Å²) >= 11 is 1.53. The lowest BCUT2D eigenvalue weighted by Crippen LogP contribution is -2.34. The Kier molecular flexibility index (Phi) is 4.80. The third-order valence-corrected chi connectivity index (χ3v) is 6.88. The van der Waals surface area contributed by atoms with Gasteiger partial charge in [-0.15, -0.1) is 11.3 Å². The number of hydrogen-bond donors (Lipinski definition) is 1. The predicted octanol–water partition coefficient (Wildman–Crippen LogP) is 1.98. The molecule has 1 heterocycles. The second-order valence-electron chi connectivity index (χ2n) is 5.36. The second-order valence-corrected chi connectivity index (χ2v) is 8.57. The standard InChI is InChI=1S/C13H20N2O3S2/c1-9(12(14)16)20(17,18)8-11-7-19-13(15-11)10-5-3-2-4-6-10/h7,9-10H,2-6,8H2,1H3,(H2,14,16). The summed E-state index contributed by atoms with van der Waals surface area (Å²) in [6.07, 6.45) is 5.99. The fraction of sp³-hybridized carbons (Fsp3) is 0.692. The second kappa shape index (κ2) is 6.22. The monoisotopic (exact) mass is 316 g/mol. The van der Waals surface area contributed by atoms with Crippen LogP contribution in [0.5, 0.6) is 0 Å². The molecule has 2 N–H and O–H groups in total. The molecular formula is C13H20N2O3S2. The van der Waals surface area contributed by atoms with Gasteiger partial charge in [-0.2, -0.15) is 0 Å². The van der Waals surface area contributed by atoms with Gasteiger partial charge in [-0.25, -0.2) is 13.4 Å². The molecule has 1 aromatic heterocycles. The third kappa shape index (κ3) is 3.58. The summed E-state index contributed by atoms with van der Waals surface area (Å²) in [5.74, 6) is -0.549. The maximum Gasteiger partial charge on any atom is 0.235 e. The highest BCUT2D eigenvalue weighted by molar-refractivity contribution is 7.92. The van der Waals surface area contributed by atoms with E-state index in [2.05, 4.69) is 4.98 Å². The first-order valence-electron chi connectivity index (χ1n) is 6.85. The number of carbonyl (C=O) groups is 1. The van der Waals surface area contributed by atoms with E-state index in [4.69, 9.17) is 5.73 Å². The first kappa shape index (κ1) is 15.4. The predicted molar refractivity (Wildman–Crippen MR) is 79.2 cm³/mol. The maximum absolute atomic E-state index is 12.0. The third-order valence-electron chi connectivity index (χ3n) is 3.81. The van der Waals surface area contributed by atoms with E-state index >= 15 is 0 Å². The SMILES string of the molecule is CC(C(N)=O)S(=O)(=O)Cc1csc(C2CCCCC2)n1. The molecule has 5 nitrogen and oxygen atoms in total. The van der Waals surface area contributed by atoms with Crippen LogP contribution in [0.2, 0.25) is 0 Å². The summed E-state index contributed by atoms with van der Waals surface area (Å²) in [6, 6.07) is 0. The van der Waals surface area contributed by atoms with Crippen molar-refractivity contribution in [2.45, 2.75) is 55.9 Å². The number of rotatable bonds is 5. The fourth-order valence-corrected chi connectivity index (χ4v) is 4.69. The topological polar surface area (TPSA) is 90.1 Å². The molecule has 20 heavy (non-hydrogen) atoms. The van der Waals surface area contributed by atoms with Crippen molar-refractivity contribution in [1.29, 1.82) is 0 Å². The Labute approximate surface area is 123 Å². The van der Waals surface area contributed by atoms with Gasteiger partial charge in [-0.1, -0.05) is 19.3 Å². The Hall–Kier alpha value is -0.950. The van der Waals surface area contributed by atoms with Crippen LogP contribution in [0.1, 0.15) is 55.6 Å². The average molecular weight is 316 g/mol. The van der Waals surface area contributed by atoms with E-state index in [1.165, 1.54) is 37.5 Å². The number of nitrogens with zero attached hydrogens (tertiary/aromatic N) is 1. The van der Waals surface area contributed by atoms with Crippen LogP contribution in [0.15, 0.2) is 5.38 Å². The van der Waals surface area contributed by atoms with Crippen LogP contribution in [0.3, 0.4) is 0 Å². The van der Waals surface area contributed by atoms with E-state index in [1.807, 2.05) is 0 Å². The number of sulfone groups is 1. The van der Waals surface area contributed by atoms with Crippen LogP contribution in [-0.4, -0.2) is 24.6 Å². The molecule has 0 aromatic carbocycles. The van der Waals surface area contributed by atoms with Crippen molar-refractivity contribution < 1.29 is 13.2 Å². The van der Waals surface area contributed by atoms with Gasteiger partial charge >= 0.3 is 0 Å². The molecule has 2 rings (SSSR count). The number of hydrogen-bond acceptors (Lipinski definition) is 5. The molecule has 0 radical (unpaired) electrons. The molecule has 1 aliphatic carbocycles. The van der Waals surface area contributed by atoms with Gasteiger partial charge < -0.3 is 5.73 Å². The largest absolute Gasteiger partial charge is 0.369 e. The van der Waals surface area contributed by atoms with E-state index in [9.17, 15) is 13.2 Å². The number of thiazole rings is 1. The normalized spacial score (nSPS) is 18.9. The Morgan fingerprint density at radius 2 is 2.10 bits per heavy atom. The van der Waals surface area contributed by atoms with Gasteiger partial charge in [-0.05, 0) is 19.8 Å². The summed E-state index contributed by atoms with van der Waals surface area (Å²) in [5, 5.41) is 1.65. The van der Waals surface area contributed by atoms with Crippen LogP contribution in [0.4, 0.5) is 0 Å². The van der Waals surface area contributed by atoms with E-state index in [0.717, 1.165) is 17.8 Å². The minimum Gasteiger partial charge on any atom is -0.369 e. The van der Waals surface area contributed by atoms with Crippen LogP contribution in [0.25, 0.3) is 0 Å². The van der Waals surface area contributed by atoms with Gasteiger partial charge in [0.05, 0.1) is 16.5 Å². The van der Waals surface area contributed by atoms with Crippen LogP contribution in [0, 0.1) is 0 Å². The van der Waals surface area contributed by atoms with E-state index in [0.29, 0.717) is 11.6 Å². The molecule has 0 bridgehead atoms. The van der Waals surface area contributed by atoms with Crippen molar-refractivity contribution >= 4 is 27.1 Å². The Morgan fingerprint density at radius 1 is 1.45 bits per heavy atom. The van der Waals surface area contributed by atoms with Crippen molar-refractivity contribution in [3.8, 4) is 0 Å². The Balaban J connectivity index is 2.07. The number of amides is 1. The molecule has 1 aliphatic rings. The molecule has 1 atom stereocenters. The van der Waals surface area contributed by atoms with Crippen molar-refractivity contribution in [3.63, 3.8) is 0 Å². The summed E-state index contributed by atoms with van der Waals surface area (Å²) in [6.45, 7) is 1.33. The van der Waals surface area contributed by atoms with E-state index in [-0.39, 0.29) is 5.75 Å². The minimum atomic E-state index is -3.56. The van der Waals surface area contributed by atoms with E-state index < -0.39 is 21.0 Å². The number of aromatic nitrogens is 1. The Morgan fingerprint density at radius 3 is 2.70 bits per heavy atom. The highest BCUT2D eigenvalue weighted by atomic mass is 32.2. The lowest BCUT2D eigenvalue weighted by atomic mass is 9.90. The highest BCUT2D eigenvalue weighted by Crippen LogP contribution is 2.34. The molecular weight excluding hydrogens is 296 g/mol.